The molecule has 0 saturated heterocycles. The van der Waals surface area contributed by atoms with Crippen molar-refractivity contribution in [2.75, 3.05) is 0 Å². The van der Waals surface area contributed by atoms with Crippen LogP contribution >= 0.6 is 0 Å². The normalized spacial score (nSPS) is 29.3. The smallest absolute Gasteiger partial charge is 0.162 e. The van der Waals surface area contributed by atoms with E-state index in [9.17, 15) is 5.11 Å². The lowest BCUT2D eigenvalue weighted by Crippen LogP contribution is -2.32. The van der Waals surface area contributed by atoms with Crippen molar-refractivity contribution in [2.45, 2.75) is 32.3 Å². The van der Waals surface area contributed by atoms with Gasteiger partial charge in [0, 0.05) is 7.05 Å². The van der Waals surface area contributed by atoms with Gasteiger partial charge in [-0.3, -0.25) is 4.68 Å². The largest absolute Gasteiger partial charge is 0.378 e. The summed E-state index contributed by atoms with van der Waals surface area (Å²) in [5, 5.41) is 14.4. The van der Waals surface area contributed by atoms with Crippen LogP contribution in [0.5, 0.6) is 0 Å². The van der Waals surface area contributed by atoms with E-state index in [2.05, 4.69) is 30.0 Å². The van der Waals surface area contributed by atoms with E-state index in [0.717, 1.165) is 6.42 Å². The second-order valence-electron chi connectivity index (χ2n) is 4.95. The predicted octanol–water partition coefficient (Wildman–Crippen LogP) is 1.38. The monoisotopic (exact) mass is 207 g/mol. The van der Waals surface area contributed by atoms with Crippen molar-refractivity contribution < 1.29 is 5.11 Å². The first-order valence-corrected chi connectivity index (χ1v) is 5.20. The highest BCUT2D eigenvalue weighted by molar-refractivity contribution is 5.18. The topological polar surface area (TPSA) is 50.9 Å². The number of aliphatic hydroxyl groups is 1. The molecular weight excluding hydrogens is 190 g/mol. The molecule has 1 aliphatic rings. The highest BCUT2D eigenvalue weighted by atomic mass is 16.3. The van der Waals surface area contributed by atoms with Crippen LogP contribution in [0.3, 0.4) is 0 Å². The van der Waals surface area contributed by atoms with E-state index >= 15 is 0 Å². The van der Waals surface area contributed by atoms with Crippen LogP contribution in [-0.2, 0) is 12.6 Å². The summed E-state index contributed by atoms with van der Waals surface area (Å²) in [7, 11) is 1.80. The van der Waals surface area contributed by atoms with E-state index in [1.807, 2.05) is 6.08 Å². The molecule has 1 unspecified atom stereocenters. The number of hydrogen-bond donors (Lipinski definition) is 1. The molecule has 1 aliphatic carbocycles. The Morgan fingerprint density at radius 2 is 2.07 bits per heavy atom. The Kier molecular flexibility index (Phi) is 2.19. The number of aryl methyl sites for hydroxylation is 1. The first-order chi connectivity index (χ1) is 6.93. The lowest BCUT2D eigenvalue weighted by Gasteiger charge is -2.33. The molecule has 4 nitrogen and oxygen atoms in total. The van der Waals surface area contributed by atoms with Crippen LogP contribution in [0.25, 0.3) is 0 Å². The minimum absolute atomic E-state index is 0.171. The van der Waals surface area contributed by atoms with E-state index in [1.165, 1.54) is 6.33 Å². The highest BCUT2D eigenvalue weighted by Gasteiger charge is 2.36. The van der Waals surface area contributed by atoms with Gasteiger partial charge in [0.2, 0.25) is 0 Å². The summed E-state index contributed by atoms with van der Waals surface area (Å²) in [6, 6.07) is 0. The van der Waals surface area contributed by atoms with Gasteiger partial charge in [0.15, 0.2) is 5.82 Å². The van der Waals surface area contributed by atoms with Crippen molar-refractivity contribution in [3.05, 3.63) is 24.3 Å². The zero-order valence-corrected chi connectivity index (χ0v) is 9.44. The molecule has 4 heteroatoms. The van der Waals surface area contributed by atoms with Gasteiger partial charge in [-0.1, -0.05) is 19.9 Å². The summed E-state index contributed by atoms with van der Waals surface area (Å²) < 4.78 is 1.63. The minimum Gasteiger partial charge on any atom is -0.378 e. The van der Waals surface area contributed by atoms with E-state index in [4.69, 9.17) is 0 Å². The molecule has 0 saturated carbocycles. The first kappa shape index (κ1) is 10.4. The Morgan fingerprint density at radius 3 is 2.53 bits per heavy atom. The number of allylic oxidation sites excluding steroid dienone is 1. The Labute approximate surface area is 89.6 Å². The molecule has 82 valence electrons. The van der Waals surface area contributed by atoms with Crippen LogP contribution < -0.4 is 0 Å². The van der Waals surface area contributed by atoms with Gasteiger partial charge in [-0.05, 0) is 24.3 Å². The second kappa shape index (κ2) is 3.17. The lowest BCUT2D eigenvalue weighted by atomic mass is 9.76. The lowest BCUT2D eigenvalue weighted by molar-refractivity contribution is 0.0459. The summed E-state index contributed by atoms with van der Waals surface area (Å²) >= 11 is 0. The third-order valence-corrected chi connectivity index (χ3v) is 3.06. The number of aromatic nitrogens is 3. The molecule has 1 atom stereocenters. The van der Waals surface area contributed by atoms with Gasteiger partial charge < -0.3 is 5.11 Å². The van der Waals surface area contributed by atoms with Crippen molar-refractivity contribution in [3.8, 4) is 0 Å². The summed E-state index contributed by atoms with van der Waals surface area (Å²) in [6.45, 7) is 4.33. The zero-order chi connectivity index (χ0) is 11.1. The van der Waals surface area contributed by atoms with E-state index in [1.54, 1.807) is 11.7 Å². The van der Waals surface area contributed by atoms with Crippen LogP contribution in [-0.4, -0.2) is 19.9 Å². The van der Waals surface area contributed by atoms with E-state index in [0.29, 0.717) is 12.2 Å². The summed E-state index contributed by atoms with van der Waals surface area (Å²) in [5.74, 6) is 0.620. The Balaban J connectivity index is 2.35. The SMILES string of the molecule is Cn1ncnc1C1(O)C=CC(C)(C)CC1. The van der Waals surface area contributed by atoms with Gasteiger partial charge in [-0.15, -0.1) is 0 Å². The van der Waals surface area contributed by atoms with Crippen molar-refractivity contribution in [1.82, 2.24) is 14.8 Å². The van der Waals surface area contributed by atoms with Crippen LogP contribution in [0.2, 0.25) is 0 Å². The maximum atomic E-state index is 10.4. The third kappa shape index (κ3) is 1.81. The Morgan fingerprint density at radius 1 is 1.33 bits per heavy atom. The molecule has 1 aromatic rings. The molecule has 0 fully saturated rings. The number of nitrogens with zero attached hydrogens (tertiary/aromatic N) is 3. The molecule has 1 heterocycles. The van der Waals surface area contributed by atoms with Gasteiger partial charge in [0.25, 0.3) is 0 Å². The fourth-order valence-corrected chi connectivity index (χ4v) is 1.92. The molecular formula is C11H17N3O. The van der Waals surface area contributed by atoms with Crippen LogP contribution in [0.4, 0.5) is 0 Å². The van der Waals surface area contributed by atoms with Crippen molar-refractivity contribution in [3.63, 3.8) is 0 Å². The summed E-state index contributed by atoms with van der Waals surface area (Å²) in [5.41, 5.74) is -0.772. The van der Waals surface area contributed by atoms with E-state index < -0.39 is 5.60 Å². The molecule has 0 bridgehead atoms. The predicted molar refractivity (Wildman–Crippen MR) is 57.1 cm³/mol. The Hall–Kier alpha value is -1.16. The van der Waals surface area contributed by atoms with Crippen molar-refractivity contribution in [2.24, 2.45) is 12.5 Å². The van der Waals surface area contributed by atoms with Crippen molar-refractivity contribution >= 4 is 0 Å². The number of hydrogen-bond acceptors (Lipinski definition) is 3. The molecule has 1 N–H and O–H groups in total. The molecule has 0 aromatic carbocycles. The van der Waals surface area contributed by atoms with Gasteiger partial charge in [0.05, 0.1) is 0 Å². The molecule has 1 aromatic heterocycles. The third-order valence-electron chi connectivity index (χ3n) is 3.06. The first-order valence-electron chi connectivity index (χ1n) is 5.20. The molecule has 0 spiro atoms. The fourth-order valence-electron chi connectivity index (χ4n) is 1.92. The molecule has 0 radical (unpaired) electrons. The molecule has 2 rings (SSSR count). The van der Waals surface area contributed by atoms with E-state index in [-0.39, 0.29) is 5.41 Å². The average molecular weight is 207 g/mol. The maximum absolute atomic E-state index is 10.4. The van der Waals surface area contributed by atoms with Crippen LogP contribution in [0.1, 0.15) is 32.5 Å². The average Bonchev–Trinajstić information content (AvgIpc) is 2.58. The van der Waals surface area contributed by atoms with Crippen molar-refractivity contribution in [1.29, 1.82) is 0 Å². The van der Waals surface area contributed by atoms with Gasteiger partial charge in [0.1, 0.15) is 11.9 Å². The van der Waals surface area contributed by atoms with Gasteiger partial charge in [-0.25, -0.2) is 4.98 Å². The maximum Gasteiger partial charge on any atom is 0.162 e. The molecule has 0 aliphatic heterocycles. The zero-order valence-electron chi connectivity index (χ0n) is 9.44. The highest BCUT2D eigenvalue weighted by Crippen LogP contribution is 2.38. The summed E-state index contributed by atoms with van der Waals surface area (Å²) in [4.78, 5) is 4.11. The van der Waals surface area contributed by atoms with Gasteiger partial charge >= 0.3 is 0 Å². The quantitative estimate of drug-likeness (QED) is 0.708. The van der Waals surface area contributed by atoms with Crippen LogP contribution in [0, 0.1) is 5.41 Å². The molecule has 15 heavy (non-hydrogen) atoms. The van der Waals surface area contributed by atoms with Crippen LogP contribution in [0.15, 0.2) is 18.5 Å². The summed E-state index contributed by atoms with van der Waals surface area (Å²) in [6.07, 6.45) is 7.03. The molecule has 0 amide bonds. The second-order valence-corrected chi connectivity index (χ2v) is 4.95. The minimum atomic E-state index is -0.944. The fraction of sp³-hybridized carbons (Fsp3) is 0.636. The Bertz CT molecular complexity index is 394. The van der Waals surface area contributed by atoms with Gasteiger partial charge in [-0.2, -0.15) is 5.10 Å². The standard InChI is InChI=1S/C11H17N3O/c1-10(2)4-6-11(15,7-5-10)9-12-8-13-14(9)3/h4,6,8,15H,5,7H2,1-3H3. The number of rotatable bonds is 1.